The molecule has 8 heteroatoms. The fourth-order valence-corrected chi connectivity index (χ4v) is 6.83. The minimum absolute atomic E-state index is 0.155. The third kappa shape index (κ3) is 10.3. The van der Waals surface area contributed by atoms with E-state index in [2.05, 4.69) is 0 Å². The molecule has 288 valence electrons. The number of hydrogen-bond donors (Lipinski definition) is 0. The lowest BCUT2D eigenvalue weighted by Gasteiger charge is -2.45. The van der Waals surface area contributed by atoms with E-state index in [1.165, 1.54) is 0 Å². The highest BCUT2D eigenvalue weighted by molar-refractivity contribution is 5.86. The van der Waals surface area contributed by atoms with Crippen LogP contribution in [0.15, 0.2) is 158 Å². The SMILES string of the molecule is COc1ccc2cc(C(C)C(=O)OC3O[C@H](COCc4ccccc4)[C@@H](OCc4ccccc4)[C@H](OCc4ccccc4)[C@H]3OCc3ccccc3)ccc2c1. The highest BCUT2D eigenvalue weighted by atomic mass is 16.7. The first-order valence-corrected chi connectivity index (χ1v) is 19.1. The number of esters is 1. The maximum atomic E-state index is 14.2. The van der Waals surface area contributed by atoms with Gasteiger partial charge in [0.05, 0.1) is 46.1 Å². The first-order chi connectivity index (χ1) is 27.5. The molecule has 56 heavy (non-hydrogen) atoms. The zero-order valence-corrected chi connectivity index (χ0v) is 31.8. The lowest BCUT2D eigenvalue weighted by molar-refractivity contribution is -0.320. The average Bonchev–Trinajstić information content (AvgIpc) is 3.25. The summed E-state index contributed by atoms with van der Waals surface area (Å²) in [6, 6.07) is 51.5. The van der Waals surface area contributed by atoms with Crippen molar-refractivity contribution in [2.45, 2.75) is 70.0 Å². The van der Waals surface area contributed by atoms with Crippen LogP contribution >= 0.6 is 0 Å². The van der Waals surface area contributed by atoms with Gasteiger partial charge in [-0.05, 0) is 57.6 Å². The minimum Gasteiger partial charge on any atom is -0.497 e. The van der Waals surface area contributed by atoms with Gasteiger partial charge in [0.1, 0.15) is 30.2 Å². The fourth-order valence-electron chi connectivity index (χ4n) is 6.83. The first-order valence-electron chi connectivity index (χ1n) is 19.1. The molecule has 0 amide bonds. The van der Waals surface area contributed by atoms with Crippen LogP contribution in [-0.4, -0.2) is 50.4 Å². The van der Waals surface area contributed by atoms with E-state index in [1.54, 1.807) is 7.11 Å². The molecule has 1 heterocycles. The number of methoxy groups -OCH3 is 1. The van der Waals surface area contributed by atoms with Crippen LogP contribution in [0.3, 0.4) is 0 Å². The van der Waals surface area contributed by atoms with Crippen molar-refractivity contribution in [3.63, 3.8) is 0 Å². The van der Waals surface area contributed by atoms with Gasteiger partial charge in [0.2, 0.25) is 6.29 Å². The lowest BCUT2D eigenvalue weighted by atomic mass is 9.96. The van der Waals surface area contributed by atoms with Gasteiger partial charge < -0.3 is 33.2 Å². The monoisotopic (exact) mass is 752 g/mol. The van der Waals surface area contributed by atoms with Gasteiger partial charge >= 0.3 is 5.97 Å². The predicted octanol–water partition coefficient (Wildman–Crippen LogP) is 9.19. The largest absolute Gasteiger partial charge is 0.497 e. The molecule has 8 nitrogen and oxygen atoms in total. The Bertz CT molecular complexity index is 2090. The number of rotatable bonds is 17. The molecule has 0 saturated carbocycles. The second kappa shape index (κ2) is 19.5. The normalized spacial score (nSPS) is 20.0. The van der Waals surface area contributed by atoms with Crippen LogP contribution in [-0.2, 0) is 59.6 Å². The molecular formula is C48H48O8. The van der Waals surface area contributed by atoms with Crippen molar-refractivity contribution in [1.82, 2.24) is 0 Å². The van der Waals surface area contributed by atoms with Gasteiger partial charge in [0.25, 0.3) is 0 Å². The Morgan fingerprint density at radius 3 is 1.61 bits per heavy atom. The van der Waals surface area contributed by atoms with Gasteiger partial charge in [-0.2, -0.15) is 0 Å². The van der Waals surface area contributed by atoms with E-state index in [0.29, 0.717) is 13.2 Å². The van der Waals surface area contributed by atoms with E-state index in [4.69, 9.17) is 33.2 Å². The number of fused-ring (bicyclic) bond motifs is 1. The molecule has 1 aliphatic rings. The molecular weight excluding hydrogens is 705 g/mol. The second-order valence-corrected chi connectivity index (χ2v) is 14.0. The molecule has 1 saturated heterocycles. The molecule has 1 fully saturated rings. The van der Waals surface area contributed by atoms with E-state index < -0.39 is 42.6 Å². The van der Waals surface area contributed by atoms with E-state index in [-0.39, 0.29) is 19.8 Å². The van der Waals surface area contributed by atoms with Gasteiger partial charge in [-0.1, -0.05) is 146 Å². The summed E-state index contributed by atoms with van der Waals surface area (Å²) >= 11 is 0. The summed E-state index contributed by atoms with van der Waals surface area (Å²) in [6.45, 7) is 3.17. The Labute approximate surface area is 328 Å². The second-order valence-electron chi connectivity index (χ2n) is 14.0. The summed E-state index contributed by atoms with van der Waals surface area (Å²) in [6.07, 6.45) is -4.04. The van der Waals surface area contributed by atoms with Crippen molar-refractivity contribution < 1.29 is 38.0 Å². The Morgan fingerprint density at radius 1 is 0.571 bits per heavy atom. The maximum Gasteiger partial charge on any atom is 0.315 e. The zero-order valence-electron chi connectivity index (χ0n) is 31.8. The fraction of sp³-hybridized carbons (Fsp3) is 0.271. The third-order valence-corrected chi connectivity index (χ3v) is 10.00. The Morgan fingerprint density at radius 2 is 1.05 bits per heavy atom. The number of benzene rings is 6. The van der Waals surface area contributed by atoms with Crippen LogP contribution in [0.4, 0.5) is 0 Å². The molecule has 6 aromatic carbocycles. The van der Waals surface area contributed by atoms with Gasteiger partial charge in [-0.3, -0.25) is 4.79 Å². The summed E-state index contributed by atoms with van der Waals surface area (Å²) in [5.41, 5.74) is 4.77. The number of hydrogen-bond acceptors (Lipinski definition) is 8. The number of ether oxygens (including phenoxy) is 7. The van der Waals surface area contributed by atoms with Crippen molar-refractivity contribution >= 4 is 16.7 Å². The zero-order chi connectivity index (χ0) is 38.5. The molecule has 7 rings (SSSR count). The summed E-state index contributed by atoms with van der Waals surface area (Å²) < 4.78 is 45.0. The Balaban J connectivity index is 1.20. The van der Waals surface area contributed by atoms with Crippen molar-refractivity contribution in [1.29, 1.82) is 0 Å². The van der Waals surface area contributed by atoms with Gasteiger partial charge in [0.15, 0.2) is 0 Å². The van der Waals surface area contributed by atoms with Crippen LogP contribution < -0.4 is 4.74 Å². The Kier molecular flexibility index (Phi) is 13.5. The number of carbonyl (C=O) groups excluding carboxylic acids is 1. The van der Waals surface area contributed by atoms with Crippen LogP contribution in [0.1, 0.15) is 40.7 Å². The van der Waals surface area contributed by atoms with Crippen LogP contribution in [0, 0.1) is 0 Å². The molecule has 6 aromatic rings. The van der Waals surface area contributed by atoms with E-state index in [1.807, 2.05) is 165 Å². The van der Waals surface area contributed by atoms with Crippen molar-refractivity contribution in [3.8, 4) is 5.75 Å². The van der Waals surface area contributed by atoms with Crippen LogP contribution in [0.2, 0.25) is 0 Å². The molecule has 0 bridgehead atoms. The molecule has 0 spiro atoms. The summed E-state index contributed by atoms with van der Waals surface area (Å²) in [5.74, 6) is -0.292. The summed E-state index contributed by atoms with van der Waals surface area (Å²) in [4.78, 5) is 14.2. The van der Waals surface area contributed by atoms with Crippen molar-refractivity contribution in [2.24, 2.45) is 0 Å². The highest BCUT2D eigenvalue weighted by Crippen LogP contribution is 2.33. The molecule has 1 aliphatic heterocycles. The van der Waals surface area contributed by atoms with Gasteiger partial charge in [-0.15, -0.1) is 0 Å². The molecule has 2 unspecified atom stereocenters. The van der Waals surface area contributed by atoms with Crippen molar-refractivity contribution in [2.75, 3.05) is 13.7 Å². The lowest BCUT2D eigenvalue weighted by Crippen LogP contribution is -2.62. The predicted molar refractivity (Wildman–Crippen MR) is 215 cm³/mol. The quantitative estimate of drug-likeness (QED) is 0.0854. The molecule has 0 aromatic heterocycles. The Hall–Kier alpha value is -5.35. The van der Waals surface area contributed by atoms with E-state index in [0.717, 1.165) is 44.3 Å². The molecule has 6 atom stereocenters. The third-order valence-electron chi connectivity index (χ3n) is 10.00. The van der Waals surface area contributed by atoms with Crippen LogP contribution in [0.25, 0.3) is 10.8 Å². The van der Waals surface area contributed by atoms with Crippen molar-refractivity contribution in [3.05, 3.63) is 186 Å². The minimum atomic E-state index is -1.14. The first kappa shape index (κ1) is 38.9. The topological polar surface area (TPSA) is 81.7 Å². The summed E-state index contributed by atoms with van der Waals surface area (Å²) in [7, 11) is 1.65. The number of carbonyl (C=O) groups is 1. The maximum absolute atomic E-state index is 14.2. The van der Waals surface area contributed by atoms with Gasteiger partial charge in [-0.25, -0.2) is 0 Å². The summed E-state index contributed by atoms with van der Waals surface area (Å²) in [5, 5.41) is 2.00. The van der Waals surface area contributed by atoms with Gasteiger partial charge in [0, 0.05) is 0 Å². The molecule has 0 radical (unpaired) electrons. The average molecular weight is 753 g/mol. The smallest absolute Gasteiger partial charge is 0.315 e. The molecule has 0 aliphatic carbocycles. The standard InChI is InChI=1S/C48H48O8/c1-34(39-23-24-41-28-42(50-2)26-25-40(41)27-39)47(49)56-48-46(54-32-38-21-13-6-14-22-38)45(53-31-37-19-11-5-12-20-37)44(52-30-36-17-9-4-10-18-36)43(55-48)33-51-29-35-15-7-3-8-16-35/h3-28,34,43-46,48H,29-33H2,1-2H3/t34?,43-,44-,45+,46-,48?/m1/s1. The van der Waals surface area contributed by atoms with E-state index in [9.17, 15) is 4.79 Å². The highest BCUT2D eigenvalue weighted by Gasteiger charge is 2.50. The van der Waals surface area contributed by atoms with E-state index >= 15 is 0 Å². The van der Waals surface area contributed by atoms with Crippen LogP contribution in [0.5, 0.6) is 5.75 Å². The molecule has 0 N–H and O–H groups in total.